The van der Waals surface area contributed by atoms with Crippen LogP contribution in [0.2, 0.25) is 0 Å². The first-order chi connectivity index (χ1) is 14.1. The van der Waals surface area contributed by atoms with Crippen molar-refractivity contribution in [2.45, 2.75) is 25.9 Å². The van der Waals surface area contributed by atoms with Gasteiger partial charge in [0.1, 0.15) is 0 Å². The normalized spacial score (nSPS) is 12.8. The lowest BCUT2D eigenvalue weighted by molar-refractivity contribution is 0.420. The minimum absolute atomic E-state index is 0.0484. The summed E-state index contributed by atoms with van der Waals surface area (Å²) in [7, 11) is 6.47. The summed E-state index contributed by atoms with van der Waals surface area (Å²) in [6.45, 7) is 1.76. The number of hydrogen-bond acceptors (Lipinski definition) is 6. The first-order valence-corrected chi connectivity index (χ1v) is 9.38. The molecule has 0 amide bonds. The van der Waals surface area contributed by atoms with Gasteiger partial charge in [-0.2, -0.15) is 0 Å². The minimum atomic E-state index is -0.547. The van der Waals surface area contributed by atoms with Crippen LogP contribution in [-0.4, -0.2) is 37.4 Å². The standard InChI is InChI=1S/C18H22N8O4/c1-10(26-16(28)12-14(20-9-22(12)3)24(5)18(26)30)6-7-25-15(27)11-13(19-8-21(11)2)23(4)17(25)29/h8-10H,6-7H2,1-5H3. The average Bonchev–Trinajstić information content (AvgIpc) is 3.28. The van der Waals surface area contributed by atoms with E-state index in [4.69, 9.17) is 0 Å². The number of imidazole rings is 2. The van der Waals surface area contributed by atoms with Gasteiger partial charge in [-0.3, -0.25) is 27.9 Å². The molecule has 0 radical (unpaired) electrons. The Morgan fingerprint density at radius 2 is 1.30 bits per heavy atom. The number of aromatic nitrogens is 8. The first-order valence-electron chi connectivity index (χ1n) is 9.38. The first kappa shape index (κ1) is 19.6. The molecule has 12 heteroatoms. The van der Waals surface area contributed by atoms with Gasteiger partial charge in [-0.25, -0.2) is 19.6 Å². The second kappa shape index (κ2) is 6.68. The van der Waals surface area contributed by atoms with Gasteiger partial charge in [-0.15, -0.1) is 0 Å². The molecule has 0 spiro atoms. The molecule has 4 heterocycles. The molecule has 0 aromatic carbocycles. The van der Waals surface area contributed by atoms with Gasteiger partial charge in [-0.1, -0.05) is 0 Å². The Kier molecular flexibility index (Phi) is 4.36. The summed E-state index contributed by atoms with van der Waals surface area (Å²) in [5.74, 6) is 0. The van der Waals surface area contributed by atoms with Crippen molar-refractivity contribution in [3.8, 4) is 0 Å². The van der Waals surface area contributed by atoms with Gasteiger partial charge in [0.15, 0.2) is 22.3 Å². The summed E-state index contributed by atoms with van der Waals surface area (Å²) >= 11 is 0. The summed E-state index contributed by atoms with van der Waals surface area (Å²) in [5, 5.41) is 0. The fourth-order valence-electron chi connectivity index (χ4n) is 3.79. The molecule has 0 saturated carbocycles. The molecular formula is C18H22N8O4. The topological polar surface area (TPSA) is 124 Å². The van der Waals surface area contributed by atoms with Crippen molar-refractivity contribution in [3.05, 3.63) is 54.3 Å². The lowest BCUT2D eigenvalue weighted by Gasteiger charge is -2.16. The van der Waals surface area contributed by atoms with Gasteiger partial charge in [0.05, 0.1) is 12.7 Å². The Hall–Kier alpha value is -3.70. The zero-order chi connectivity index (χ0) is 21.9. The molecule has 12 nitrogen and oxygen atoms in total. The Labute approximate surface area is 168 Å². The van der Waals surface area contributed by atoms with Crippen LogP contribution in [0.25, 0.3) is 22.3 Å². The van der Waals surface area contributed by atoms with Gasteiger partial charge in [0.25, 0.3) is 11.1 Å². The van der Waals surface area contributed by atoms with E-state index in [0.717, 1.165) is 9.13 Å². The van der Waals surface area contributed by atoms with Crippen LogP contribution >= 0.6 is 0 Å². The molecule has 158 valence electrons. The van der Waals surface area contributed by atoms with Crippen molar-refractivity contribution < 1.29 is 0 Å². The molecule has 0 fully saturated rings. The largest absolute Gasteiger partial charge is 0.332 e. The Balaban J connectivity index is 1.78. The third kappa shape index (κ3) is 2.60. The molecule has 30 heavy (non-hydrogen) atoms. The molecule has 4 rings (SSSR count). The van der Waals surface area contributed by atoms with Crippen molar-refractivity contribution in [1.29, 1.82) is 0 Å². The highest BCUT2D eigenvalue weighted by atomic mass is 16.2. The SMILES string of the molecule is CC(CCn1c(=O)c2c(ncn2C)n(C)c1=O)n1c(=O)c2c(ncn2C)n(C)c1=O. The zero-order valence-corrected chi connectivity index (χ0v) is 17.4. The number of aryl methyl sites for hydroxylation is 4. The van der Waals surface area contributed by atoms with Crippen LogP contribution in [0.15, 0.2) is 31.8 Å². The molecule has 0 N–H and O–H groups in total. The van der Waals surface area contributed by atoms with E-state index in [1.54, 1.807) is 44.2 Å². The van der Waals surface area contributed by atoms with Gasteiger partial charge >= 0.3 is 11.4 Å². The van der Waals surface area contributed by atoms with Crippen LogP contribution in [0.1, 0.15) is 19.4 Å². The Morgan fingerprint density at radius 3 is 1.87 bits per heavy atom. The quantitative estimate of drug-likeness (QED) is 0.415. The highest BCUT2D eigenvalue weighted by molar-refractivity contribution is 5.70. The summed E-state index contributed by atoms with van der Waals surface area (Å²) in [6, 6.07) is -0.547. The van der Waals surface area contributed by atoms with Gasteiger partial charge in [0, 0.05) is 40.8 Å². The molecule has 0 aliphatic heterocycles. The van der Waals surface area contributed by atoms with Gasteiger partial charge < -0.3 is 9.13 Å². The molecule has 1 atom stereocenters. The lowest BCUT2D eigenvalue weighted by Crippen LogP contribution is -2.43. The zero-order valence-electron chi connectivity index (χ0n) is 17.4. The van der Waals surface area contributed by atoms with Gasteiger partial charge in [-0.05, 0) is 13.3 Å². The van der Waals surface area contributed by atoms with Crippen molar-refractivity contribution in [3.63, 3.8) is 0 Å². The lowest BCUT2D eigenvalue weighted by atomic mass is 10.2. The van der Waals surface area contributed by atoms with Crippen molar-refractivity contribution in [1.82, 2.24) is 37.4 Å². The highest BCUT2D eigenvalue weighted by Crippen LogP contribution is 2.10. The minimum Gasteiger partial charge on any atom is -0.328 e. The van der Waals surface area contributed by atoms with Crippen molar-refractivity contribution >= 4 is 22.3 Å². The summed E-state index contributed by atoms with van der Waals surface area (Å²) in [6.07, 6.45) is 3.19. The third-order valence-corrected chi connectivity index (χ3v) is 5.56. The molecule has 0 aliphatic rings. The molecule has 0 aliphatic carbocycles. The van der Waals surface area contributed by atoms with E-state index in [-0.39, 0.29) is 13.0 Å². The van der Waals surface area contributed by atoms with Crippen LogP contribution in [0.3, 0.4) is 0 Å². The third-order valence-electron chi connectivity index (χ3n) is 5.56. The second-order valence-corrected chi connectivity index (χ2v) is 7.51. The van der Waals surface area contributed by atoms with Crippen molar-refractivity contribution in [2.75, 3.05) is 0 Å². The van der Waals surface area contributed by atoms with Crippen LogP contribution in [-0.2, 0) is 34.7 Å². The second-order valence-electron chi connectivity index (χ2n) is 7.51. The van der Waals surface area contributed by atoms with E-state index in [9.17, 15) is 19.2 Å². The number of hydrogen-bond donors (Lipinski definition) is 0. The van der Waals surface area contributed by atoms with E-state index < -0.39 is 28.5 Å². The number of rotatable bonds is 4. The van der Waals surface area contributed by atoms with E-state index in [1.807, 2.05) is 0 Å². The van der Waals surface area contributed by atoms with Crippen molar-refractivity contribution in [2.24, 2.45) is 28.2 Å². The maximum absolute atomic E-state index is 13.0. The summed E-state index contributed by atoms with van der Waals surface area (Å²) in [4.78, 5) is 59.5. The fraction of sp³-hybridized carbons (Fsp3) is 0.444. The molecule has 4 aromatic heterocycles. The molecule has 1 unspecified atom stereocenters. The maximum atomic E-state index is 13.0. The monoisotopic (exact) mass is 414 g/mol. The summed E-state index contributed by atoms with van der Waals surface area (Å²) < 4.78 is 8.01. The molecular weight excluding hydrogens is 392 g/mol. The predicted octanol–water partition coefficient (Wildman–Crippen LogP) is -1.17. The smallest absolute Gasteiger partial charge is 0.328 e. The molecule has 0 bridgehead atoms. The highest BCUT2D eigenvalue weighted by Gasteiger charge is 2.20. The van der Waals surface area contributed by atoms with Crippen LogP contribution in [0.4, 0.5) is 0 Å². The van der Waals surface area contributed by atoms with Crippen LogP contribution in [0, 0.1) is 0 Å². The van der Waals surface area contributed by atoms with E-state index in [0.29, 0.717) is 22.3 Å². The van der Waals surface area contributed by atoms with E-state index >= 15 is 0 Å². The van der Waals surface area contributed by atoms with Crippen LogP contribution < -0.4 is 22.5 Å². The Morgan fingerprint density at radius 1 is 0.800 bits per heavy atom. The van der Waals surface area contributed by atoms with E-state index in [1.165, 1.54) is 21.8 Å². The fourth-order valence-corrected chi connectivity index (χ4v) is 3.79. The number of fused-ring (bicyclic) bond motifs is 2. The number of nitrogens with zero attached hydrogens (tertiary/aromatic N) is 8. The molecule has 4 aromatic rings. The average molecular weight is 414 g/mol. The van der Waals surface area contributed by atoms with Crippen LogP contribution in [0.5, 0.6) is 0 Å². The summed E-state index contributed by atoms with van der Waals surface area (Å²) in [5.41, 5.74) is -0.666. The van der Waals surface area contributed by atoms with E-state index in [2.05, 4.69) is 9.97 Å². The maximum Gasteiger partial charge on any atom is 0.332 e. The molecule has 0 saturated heterocycles. The van der Waals surface area contributed by atoms with Gasteiger partial charge in [0.2, 0.25) is 0 Å². The Bertz CT molecular complexity index is 1540. The predicted molar refractivity (Wildman–Crippen MR) is 110 cm³/mol.